The highest BCUT2D eigenvalue weighted by Gasteiger charge is 2.19. The normalized spacial score (nSPS) is 18.2. The molecule has 23 heavy (non-hydrogen) atoms. The molecule has 0 bridgehead atoms. The van der Waals surface area contributed by atoms with E-state index in [4.69, 9.17) is 0 Å². The van der Waals surface area contributed by atoms with Crippen molar-refractivity contribution in [3.8, 4) is 10.6 Å². The van der Waals surface area contributed by atoms with Gasteiger partial charge in [-0.2, -0.15) is 0 Å². The summed E-state index contributed by atoms with van der Waals surface area (Å²) in [5.74, 6) is -0.0252. The predicted octanol–water partition coefficient (Wildman–Crippen LogP) is 2.77. The first-order valence-corrected chi connectivity index (χ1v) is 8.72. The van der Waals surface area contributed by atoms with E-state index in [0.717, 1.165) is 47.5 Å². The zero-order valence-electron chi connectivity index (χ0n) is 12.6. The Balaban J connectivity index is 1.65. The molecule has 4 rings (SSSR count). The summed E-state index contributed by atoms with van der Waals surface area (Å²) in [7, 11) is 0. The topological polar surface area (TPSA) is 69.8 Å². The number of amides is 1. The fourth-order valence-electron chi connectivity index (χ4n) is 3.03. The summed E-state index contributed by atoms with van der Waals surface area (Å²) >= 11 is 1.67. The average molecular weight is 326 g/mol. The second-order valence-corrected chi connectivity index (χ2v) is 6.75. The molecular formula is C17H18N4OS. The Hall–Kier alpha value is -2.18. The van der Waals surface area contributed by atoms with Crippen LogP contribution in [-0.2, 0) is 0 Å². The van der Waals surface area contributed by atoms with Crippen molar-refractivity contribution in [1.29, 1.82) is 0 Å². The molecule has 118 valence electrons. The van der Waals surface area contributed by atoms with E-state index in [1.165, 1.54) is 0 Å². The maximum Gasteiger partial charge on any atom is 0.252 e. The van der Waals surface area contributed by atoms with Crippen LogP contribution in [0.1, 0.15) is 23.2 Å². The Bertz CT molecular complexity index is 818. The van der Waals surface area contributed by atoms with Gasteiger partial charge in [-0.3, -0.25) is 4.79 Å². The molecule has 1 amide bonds. The average Bonchev–Trinajstić information content (AvgIpc) is 3.24. The van der Waals surface area contributed by atoms with E-state index in [1.807, 2.05) is 17.5 Å². The number of pyridine rings is 1. The molecule has 0 spiro atoms. The van der Waals surface area contributed by atoms with Gasteiger partial charge in [-0.25, -0.2) is 4.98 Å². The Morgan fingerprint density at radius 1 is 1.39 bits per heavy atom. The molecule has 4 heterocycles. The lowest BCUT2D eigenvalue weighted by molar-refractivity contribution is 0.0932. The van der Waals surface area contributed by atoms with Crippen molar-refractivity contribution in [3.63, 3.8) is 0 Å². The van der Waals surface area contributed by atoms with Crippen LogP contribution in [0.15, 0.2) is 35.8 Å². The zero-order chi connectivity index (χ0) is 15.6. The van der Waals surface area contributed by atoms with Gasteiger partial charge in [-0.1, -0.05) is 6.07 Å². The smallest absolute Gasteiger partial charge is 0.252 e. The van der Waals surface area contributed by atoms with Crippen LogP contribution >= 0.6 is 11.3 Å². The van der Waals surface area contributed by atoms with Crippen LogP contribution in [0, 0.1) is 0 Å². The molecule has 0 aliphatic carbocycles. The summed E-state index contributed by atoms with van der Waals surface area (Å²) < 4.78 is 0. The Labute approximate surface area is 138 Å². The minimum Gasteiger partial charge on any atom is -0.348 e. The van der Waals surface area contributed by atoms with Gasteiger partial charge in [0.1, 0.15) is 5.65 Å². The first kappa shape index (κ1) is 14.4. The standard InChI is InChI=1S/C17H18N4OS/c22-17(20-11-3-1-6-18-10-11)12-5-7-19-16-13(12)9-14(21-16)15-4-2-8-23-15/h2,4-5,7-9,11,18H,1,3,6,10H2,(H,19,21)(H,20,22). The van der Waals surface area contributed by atoms with Crippen molar-refractivity contribution in [3.05, 3.63) is 41.4 Å². The minimum absolute atomic E-state index is 0.0252. The van der Waals surface area contributed by atoms with Crippen LogP contribution in [0.2, 0.25) is 0 Å². The third kappa shape index (κ3) is 2.87. The Morgan fingerprint density at radius 3 is 3.13 bits per heavy atom. The molecule has 0 aromatic carbocycles. The third-order valence-electron chi connectivity index (χ3n) is 4.20. The fraction of sp³-hybridized carbons (Fsp3) is 0.294. The number of piperidine rings is 1. The largest absolute Gasteiger partial charge is 0.348 e. The van der Waals surface area contributed by atoms with E-state index in [2.05, 4.69) is 26.7 Å². The molecule has 0 radical (unpaired) electrons. The number of nitrogens with one attached hydrogen (secondary N) is 3. The number of hydrogen-bond donors (Lipinski definition) is 3. The number of aromatic nitrogens is 2. The fourth-order valence-corrected chi connectivity index (χ4v) is 3.73. The number of H-pyrrole nitrogens is 1. The van der Waals surface area contributed by atoms with Crippen molar-refractivity contribution >= 4 is 28.3 Å². The van der Waals surface area contributed by atoms with E-state index in [0.29, 0.717) is 5.56 Å². The van der Waals surface area contributed by atoms with Gasteiger partial charge in [0.05, 0.1) is 16.1 Å². The molecule has 1 atom stereocenters. The van der Waals surface area contributed by atoms with Gasteiger partial charge in [0.15, 0.2) is 0 Å². The number of rotatable bonds is 3. The van der Waals surface area contributed by atoms with Gasteiger partial charge < -0.3 is 15.6 Å². The van der Waals surface area contributed by atoms with Gasteiger partial charge in [0, 0.05) is 24.2 Å². The van der Waals surface area contributed by atoms with Crippen LogP contribution in [0.4, 0.5) is 0 Å². The Kier molecular flexibility index (Phi) is 3.85. The molecule has 0 saturated carbocycles. The lowest BCUT2D eigenvalue weighted by Gasteiger charge is -2.23. The summed E-state index contributed by atoms with van der Waals surface area (Å²) in [5, 5.41) is 9.36. The van der Waals surface area contributed by atoms with E-state index in [1.54, 1.807) is 23.6 Å². The summed E-state index contributed by atoms with van der Waals surface area (Å²) in [4.78, 5) is 21.5. The number of carbonyl (C=O) groups is 1. The van der Waals surface area contributed by atoms with Gasteiger partial charge in [-0.15, -0.1) is 11.3 Å². The predicted molar refractivity (Wildman–Crippen MR) is 92.8 cm³/mol. The van der Waals surface area contributed by atoms with Crippen molar-refractivity contribution in [1.82, 2.24) is 20.6 Å². The van der Waals surface area contributed by atoms with Crippen molar-refractivity contribution in [2.45, 2.75) is 18.9 Å². The maximum absolute atomic E-state index is 12.6. The van der Waals surface area contributed by atoms with Crippen molar-refractivity contribution in [2.24, 2.45) is 0 Å². The highest BCUT2D eigenvalue weighted by Crippen LogP contribution is 2.28. The molecule has 1 saturated heterocycles. The zero-order valence-corrected chi connectivity index (χ0v) is 13.5. The molecular weight excluding hydrogens is 308 g/mol. The van der Waals surface area contributed by atoms with Gasteiger partial charge in [0.2, 0.25) is 0 Å². The van der Waals surface area contributed by atoms with Crippen molar-refractivity contribution < 1.29 is 4.79 Å². The lowest BCUT2D eigenvalue weighted by atomic mass is 10.1. The number of carbonyl (C=O) groups excluding carboxylic acids is 1. The highest BCUT2D eigenvalue weighted by atomic mass is 32.1. The first-order chi connectivity index (χ1) is 11.3. The number of hydrogen-bond acceptors (Lipinski definition) is 4. The number of nitrogens with zero attached hydrogens (tertiary/aromatic N) is 1. The summed E-state index contributed by atoms with van der Waals surface area (Å²) in [6.07, 6.45) is 3.81. The summed E-state index contributed by atoms with van der Waals surface area (Å²) in [6.45, 7) is 1.88. The maximum atomic E-state index is 12.6. The van der Waals surface area contributed by atoms with Gasteiger partial charge >= 0.3 is 0 Å². The molecule has 1 unspecified atom stereocenters. The van der Waals surface area contributed by atoms with E-state index >= 15 is 0 Å². The first-order valence-electron chi connectivity index (χ1n) is 7.84. The van der Waals surface area contributed by atoms with Crippen LogP contribution in [0.3, 0.4) is 0 Å². The summed E-state index contributed by atoms with van der Waals surface area (Å²) in [5.41, 5.74) is 2.43. The molecule has 1 aliphatic heterocycles. The molecule has 3 aromatic rings. The summed E-state index contributed by atoms with van der Waals surface area (Å²) in [6, 6.07) is 8.09. The second kappa shape index (κ2) is 6.14. The van der Waals surface area contributed by atoms with Crippen LogP contribution < -0.4 is 10.6 Å². The highest BCUT2D eigenvalue weighted by molar-refractivity contribution is 7.13. The monoisotopic (exact) mass is 326 g/mol. The molecule has 1 aliphatic rings. The molecule has 1 fully saturated rings. The lowest BCUT2D eigenvalue weighted by Crippen LogP contribution is -2.45. The molecule has 3 N–H and O–H groups in total. The minimum atomic E-state index is -0.0252. The molecule has 3 aromatic heterocycles. The van der Waals surface area contributed by atoms with E-state index in [9.17, 15) is 4.79 Å². The Morgan fingerprint density at radius 2 is 2.35 bits per heavy atom. The SMILES string of the molecule is O=C(NC1CCCNC1)c1ccnc2[nH]c(-c3cccs3)cc12. The number of aromatic amines is 1. The van der Waals surface area contributed by atoms with E-state index < -0.39 is 0 Å². The van der Waals surface area contributed by atoms with Crippen LogP contribution in [-0.4, -0.2) is 35.0 Å². The van der Waals surface area contributed by atoms with Crippen LogP contribution in [0.25, 0.3) is 21.6 Å². The van der Waals surface area contributed by atoms with Gasteiger partial charge in [0.25, 0.3) is 5.91 Å². The van der Waals surface area contributed by atoms with Crippen LogP contribution in [0.5, 0.6) is 0 Å². The third-order valence-corrected chi connectivity index (χ3v) is 5.10. The van der Waals surface area contributed by atoms with Gasteiger partial charge in [-0.05, 0) is 43.0 Å². The van der Waals surface area contributed by atoms with E-state index in [-0.39, 0.29) is 11.9 Å². The van der Waals surface area contributed by atoms with Crippen molar-refractivity contribution in [2.75, 3.05) is 13.1 Å². The molecule has 6 heteroatoms. The second-order valence-electron chi connectivity index (χ2n) is 5.80. The quantitative estimate of drug-likeness (QED) is 0.693. The number of thiophene rings is 1. The number of fused-ring (bicyclic) bond motifs is 1. The molecule has 5 nitrogen and oxygen atoms in total.